The molecule has 0 aliphatic rings. The van der Waals surface area contributed by atoms with Gasteiger partial charge in [-0.2, -0.15) is 0 Å². The summed E-state index contributed by atoms with van der Waals surface area (Å²) >= 11 is 6.09. The highest BCUT2D eigenvalue weighted by molar-refractivity contribution is 6.30. The van der Waals surface area contributed by atoms with Crippen LogP contribution in [0.4, 0.5) is 0 Å². The normalized spacial score (nSPS) is 12.1. The topological polar surface area (TPSA) is 46.4 Å². The van der Waals surface area contributed by atoms with E-state index in [1.54, 1.807) is 0 Å². The summed E-state index contributed by atoms with van der Waals surface area (Å²) in [5.74, 6) is 0.0607. The van der Waals surface area contributed by atoms with Gasteiger partial charge in [-0.1, -0.05) is 61.0 Å². The van der Waals surface area contributed by atoms with Gasteiger partial charge in [-0.15, -0.1) is 0 Å². The molecule has 4 rings (SSSR count). The second-order valence-corrected chi connectivity index (χ2v) is 8.24. The molecule has 0 aliphatic heterocycles. The van der Waals surface area contributed by atoms with Crippen LogP contribution >= 0.6 is 11.6 Å². The summed E-state index contributed by atoms with van der Waals surface area (Å²) in [6.45, 7) is 4.09. The molecule has 0 unspecified atom stereocenters. The van der Waals surface area contributed by atoms with E-state index in [1.165, 1.54) is 0 Å². The number of carbonyl (C=O) groups is 1. The van der Waals surface area contributed by atoms with E-state index in [-0.39, 0.29) is 11.9 Å². The highest BCUT2D eigenvalue weighted by Gasteiger charge is 2.17. The molecule has 1 N–H and O–H groups in total. The van der Waals surface area contributed by atoms with Crippen LogP contribution in [0.2, 0.25) is 5.02 Å². The monoisotopic (exact) mass is 431 g/mol. The van der Waals surface area contributed by atoms with Crippen molar-refractivity contribution in [2.24, 2.45) is 0 Å². The van der Waals surface area contributed by atoms with E-state index in [4.69, 9.17) is 16.6 Å². The Labute approximate surface area is 187 Å². The fourth-order valence-corrected chi connectivity index (χ4v) is 3.78. The fourth-order valence-electron chi connectivity index (χ4n) is 3.65. The minimum atomic E-state index is 0.0607. The van der Waals surface area contributed by atoms with Gasteiger partial charge in [-0.25, -0.2) is 4.98 Å². The summed E-state index contributed by atoms with van der Waals surface area (Å²) in [6, 6.07) is 22.3. The minimum Gasteiger partial charge on any atom is -0.354 e. The van der Waals surface area contributed by atoms with E-state index in [2.05, 4.69) is 41.0 Å². The van der Waals surface area contributed by atoms with Crippen LogP contribution in [-0.4, -0.2) is 21.3 Å². The van der Waals surface area contributed by atoms with E-state index >= 15 is 0 Å². The zero-order chi connectivity index (χ0) is 21.8. The molecule has 0 fully saturated rings. The second kappa shape index (κ2) is 9.36. The number of benzene rings is 2. The number of halogens is 1. The molecule has 4 nitrogen and oxygen atoms in total. The van der Waals surface area contributed by atoms with Gasteiger partial charge < -0.3 is 9.72 Å². The molecule has 5 heteroatoms. The third-order valence-electron chi connectivity index (χ3n) is 5.55. The fraction of sp³-hybridized carbons (Fsp3) is 0.231. The number of amides is 1. The first-order chi connectivity index (χ1) is 15.0. The van der Waals surface area contributed by atoms with Crippen LogP contribution in [0.3, 0.4) is 0 Å². The number of rotatable bonds is 7. The van der Waals surface area contributed by atoms with E-state index < -0.39 is 0 Å². The Morgan fingerprint density at radius 1 is 1.00 bits per heavy atom. The summed E-state index contributed by atoms with van der Waals surface area (Å²) in [5.41, 5.74) is 6.02. The third kappa shape index (κ3) is 4.80. The van der Waals surface area contributed by atoms with Crippen LogP contribution in [-0.2, 0) is 11.2 Å². The van der Waals surface area contributed by atoms with Gasteiger partial charge >= 0.3 is 0 Å². The first-order valence-electron chi connectivity index (χ1n) is 10.7. The van der Waals surface area contributed by atoms with Crippen LogP contribution in [0.25, 0.3) is 28.0 Å². The zero-order valence-electron chi connectivity index (χ0n) is 17.8. The van der Waals surface area contributed by atoms with Crippen molar-refractivity contribution in [1.82, 2.24) is 14.7 Å². The van der Waals surface area contributed by atoms with Gasteiger partial charge in [0.25, 0.3) is 0 Å². The van der Waals surface area contributed by atoms with Gasteiger partial charge in [0.15, 0.2) is 0 Å². The number of nitrogens with zero attached hydrogens (tertiary/aromatic N) is 2. The van der Waals surface area contributed by atoms with Crippen LogP contribution in [0.5, 0.6) is 0 Å². The molecule has 1 atom stereocenters. The van der Waals surface area contributed by atoms with Crippen molar-refractivity contribution in [2.45, 2.75) is 39.2 Å². The standard InChI is InChI=1S/C26H26ClN3O/c1-3-18(2)28-25(31)16-14-23-26(20-9-12-22(27)13-10-20)29-24-15-11-21(17-30(23)24)19-7-5-4-6-8-19/h4-13,15,17-18H,3,14,16H2,1-2H3,(H,28,31)/t18-/m0/s1. The number of hydrogen-bond acceptors (Lipinski definition) is 2. The van der Waals surface area contributed by atoms with E-state index in [0.29, 0.717) is 17.9 Å². The first kappa shape index (κ1) is 21.1. The predicted octanol–water partition coefficient (Wildman–Crippen LogP) is 6.17. The SMILES string of the molecule is CC[C@H](C)NC(=O)CCc1c(-c2ccc(Cl)cc2)nc2ccc(-c3ccccc3)cn12. The van der Waals surface area contributed by atoms with Crippen LogP contribution in [0, 0.1) is 0 Å². The summed E-state index contributed by atoms with van der Waals surface area (Å²) in [5, 5.41) is 3.75. The van der Waals surface area contributed by atoms with Crippen molar-refractivity contribution in [3.63, 3.8) is 0 Å². The Bertz CT molecular complexity index is 1180. The average molecular weight is 432 g/mol. The molecular weight excluding hydrogens is 406 g/mol. The number of pyridine rings is 1. The minimum absolute atomic E-state index is 0.0607. The molecule has 0 saturated heterocycles. The molecule has 31 heavy (non-hydrogen) atoms. The molecule has 1 amide bonds. The lowest BCUT2D eigenvalue weighted by atomic mass is 10.1. The Morgan fingerprint density at radius 3 is 2.42 bits per heavy atom. The van der Waals surface area contributed by atoms with E-state index in [1.807, 2.05) is 55.5 Å². The average Bonchev–Trinajstić information content (AvgIpc) is 3.16. The van der Waals surface area contributed by atoms with E-state index in [9.17, 15) is 4.79 Å². The molecule has 0 saturated carbocycles. The van der Waals surface area contributed by atoms with Gasteiger partial charge in [0, 0.05) is 29.2 Å². The van der Waals surface area contributed by atoms with Crippen LogP contribution in [0.1, 0.15) is 32.4 Å². The summed E-state index contributed by atoms with van der Waals surface area (Å²) in [6.07, 6.45) is 4.03. The second-order valence-electron chi connectivity index (χ2n) is 7.80. The summed E-state index contributed by atoms with van der Waals surface area (Å²) in [7, 11) is 0. The lowest BCUT2D eigenvalue weighted by Gasteiger charge is -2.12. The molecule has 0 bridgehead atoms. The predicted molar refractivity (Wildman–Crippen MR) is 127 cm³/mol. The van der Waals surface area contributed by atoms with Gasteiger partial charge in [-0.3, -0.25) is 4.79 Å². The van der Waals surface area contributed by atoms with Crippen molar-refractivity contribution in [1.29, 1.82) is 0 Å². The number of fused-ring (bicyclic) bond motifs is 1. The zero-order valence-corrected chi connectivity index (χ0v) is 18.6. The Balaban J connectivity index is 1.75. The summed E-state index contributed by atoms with van der Waals surface area (Å²) in [4.78, 5) is 17.4. The van der Waals surface area contributed by atoms with Gasteiger partial charge in [0.05, 0.1) is 11.4 Å². The number of carbonyl (C=O) groups excluding carboxylic acids is 1. The molecule has 2 aromatic heterocycles. The number of hydrogen-bond donors (Lipinski definition) is 1. The maximum absolute atomic E-state index is 12.5. The number of aromatic nitrogens is 2. The highest BCUT2D eigenvalue weighted by atomic mass is 35.5. The van der Waals surface area contributed by atoms with E-state index in [0.717, 1.165) is 40.1 Å². The smallest absolute Gasteiger partial charge is 0.220 e. The lowest BCUT2D eigenvalue weighted by molar-refractivity contribution is -0.121. The molecule has 0 spiro atoms. The Hall–Kier alpha value is -3.11. The largest absolute Gasteiger partial charge is 0.354 e. The maximum Gasteiger partial charge on any atom is 0.220 e. The molecule has 4 aromatic rings. The number of imidazole rings is 1. The number of nitrogens with one attached hydrogen (secondary N) is 1. The van der Waals surface area contributed by atoms with Crippen LogP contribution in [0.15, 0.2) is 72.9 Å². The van der Waals surface area contributed by atoms with Crippen molar-refractivity contribution < 1.29 is 4.79 Å². The molecule has 0 radical (unpaired) electrons. The summed E-state index contributed by atoms with van der Waals surface area (Å²) < 4.78 is 2.11. The molecule has 2 aromatic carbocycles. The van der Waals surface area contributed by atoms with Crippen molar-refractivity contribution in [2.75, 3.05) is 0 Å². The lowest BCUT2D eigenvalue weighted by Crippen LogP contribution is -2.32. The van der Waals surface area contributed by atoms with Crippen molar-refractivity contribution in [3.8, 4) is 22.4 Å². The molecular formula is C26H26ClN3O. The number of aryl methyl sites for hydroxylation is 1. The van der Waals surface area contributed by atoms with Crippen molar-refractivity contribution in [3.05, 3.63) is 83.6 Å². The highest BCUT2D eigenvalue weighted by Crippen LogP contribution is 2.29. The molecule has 158 valence electrons. The van der Waals surface area contributed by atoms with Crippen molar-refractivity contribution >= 4 is 23.2 Å². The molecule has 0 aliphatic carbocycles. The van der Waals surface area contributed by atoms with Crippen LogP contribution < -0.4 is 5.32 Å². The molecule has 2 heterocycles. The first-order valence-corrected chi connectivity index (χ1v) is 11.0. The Morgan fingerprint density at radius 2 is 1.71 bits per heavy atom. The Kier molecular flexibility index (Phi) is 6.38. The van der Waals surface area contributed by atoms with Gasteiger partial charge in [0.2, 0.25) is 5.91 Å². The van der Waals surface area contributed by atoms with Gasteiger partial charge in [-0.05, 0) is 55.2 Å². The third-order valence-corrected chi connectivity index (χ3v) is 5.80. The van der Waals surface area contributed by atoms with Gasteiger partial charge in [0.1, 0.15) is 5.65 Å². The maximum atomic E-state index is 12.5. The quantitative estimate of drug-likeness (QED) is 0.380.